The Balaban J connectivity index is 0.000000489. The number of aldehydes is 1. The third-order valence-corrected chi connectivity index (χ3v) is 6.33. The largest absolute Gasteiger partial charge is 0.670 e. The first-order valence-corrected chi connectivity index (χ1v) is 11.3. The van der Waals surface area contributed by atoms with Gasteiger partial charge in [-0.25, -0.2) is 0 Å². The van der Waals surface area contributed by atoms with Crippen LogP contribution in [-0.4, -0.2) is 140 Å². The molecule has 0 aromatic heterocycles. The Kier molecular flexibility index (Phi) is 17.6. The molecule has 3 heterocycles. The number of aliphatic hydroxyl groups is 8. The maximum Gasteiger partial charge on any atom is 0.151 e. The molecule has 13 atom stereocenters. The van der Waals surface area contributed by atoms with Crippen LogP contribution in [0.1, 0.15) is 27.2 Å². The van der Waals surface area contributed by atoms with E-state index in [1.165, 1.54) is 0 Å². The van der Waals surface area contributed by atoms with Gasteiger partial charge in [-0.15, -0.1) is 0 Å². The molecule has 0 aliphatic carbocycles. The van der Waals surface area contributed by atoms with E-state index in [4.69, 9.17) is 45.5 Å². The summed E-state index contributed by atoms with van der Waals surface area (Å²) >= 11 is 0. The van der Waals surface area contributed by atoms with E-state index in [0.717, 1.165) is 0 Å². The normalized spacial score (nSPS) is 44.9. The minimum atomic E-state index is -1.22. The zero-order valence-corrected chi connectivity index (χ0v) is 24.9. The quantitative estimate of drug-likeness (QED) is 0.131. The minimum absolute atomic E-state index is 0. The van der Waals surface area contributed by atoms with Crippen molar-refractivity contribution in [2.24, 2.45) is 5.92 Å². The molecule has 3 fully saturated rings. The Morgan fingerprint density at radius 2 is 1.17 bits per heavy atom. The molecule has 14 heteroatoms. The summed E-state index contributed by atoms with van der Waals surface area (Å²) in [5, 5.41) is 72.3. The molecule has 13 unspecified atom stereocenters. The molecule has 1 radical (unpaired) electrons. The van der Waals surface area contributed by atoms with Crippen molar-refractivity contribution >= 4 is 6.29 Å². The van der Waals surface area contributed by atoms with Gasteiger partial charge in [-0.1, -0.05) is 19.9 Å². The van der Waals surface area contributed by atoms with E-state index in [1.807, 2.05) is 6.92 Å². The van der Waals surface area contributed by atoms with E-state index in [1.54, 1.807) is 13.8 Å². The first-order chi connectivity index (χ1) is 16.0. The van der Waals surface area contributed by atoms with Crippen LogP contribution in [0.15, 0.2) is 0 Å². The molecule has 0 bridgehead atoms. The molecule has 3 saturated heterocycles. The number of carbonyl (C=O) groups is 1. The zero-order chi connectivity index (χ0) is 26.2. The van der Waals surface area contributed by atoms with Crippen molar-refractivity contribution in [2.75, 3.05) is 19.8 Å². The molecule has 3 rings (SSSR count). The Bertz CT molecular complexity index is 570. The van der Waals surface area contributed by atoms with E-state index in [9.17, 15) is 20.1 Å². The summed E-state index contributed by atoms with van der Waals surface area (Å²) in [4.78, 5) is 10.1. The SMILES string of the molecule is CC1OC(CO)C(C)C(O)C1[NH-].CCC1OC(CO)C(O)C1O.O=CC1OC(CO)C(O)C1O.[Ac]. The van der Waals surface area contributed by atoms with Crippen LogP contribution in [0.3, 0.4) is 0 Å². The summed E-state index contributed by atoms with van der Waals surface area (Å²) in [7, 11) is 0. The monoisotopic (exact) mass is 725 g/mol. The molecule has 0 aromatic carbocycles. The molecule has 3 aliphatic heterocycles. The van der Waals surface area contributed by atoms with E-state index in [-0.39, 0.29) is 81.5 Å². The second kappa shape index (κ2) is 17.3. The third kappa shape index (κ3) is 9.40. The van der Waals surface area contributed by atoms with Gasteiger partial charge in [-0.05, 0) is 13.3 Å². The van der Waals surface area contributed by atoms with Crippen LogP contribution in [0, 0.1) is 50.0 Å². The number of aliphatic hydroxyl groups excluding tert-OH is 8. The topological polar surface area (TPSA) is 230 Å². The van der Waals surface area contributed by atoms with Crippen molar-refractivity contribution in [3.63, 3.8) is 0 Å². The number of hydrogen-bond acceptors (Lipinski definition) is 12. The molecular weight excluding hydrogens is 685 g/mol. The van der Waals surface area contributed by atoms with Gasteiger partial charge in [0.05, 0.1) is 32.0 Å². The average molecular weight is 726 g/mol. The van der Waals surface area contributed by atoms with Gasteiger partial charge in [0.15, 0.2) is 6.29 Å². The second-order valence-electron chi connectivity index (χ2n) is 8.66. The van der Waals surface area contributed by atoms with Crippen molar-refractivity contribution in [1.82, 2.24) is 0 Å². The van der Waals surface area contributed by atoms with Crippen molar-refractivity contribution in [2.45, 2.75) is 100 Å². The number of rotatable bonds is 5. The standard InChI is InChI=1S/C8H16NO3.C7H14O4.C6H10O5.Ac/c1-4-6(3-10)12-5(2)7(9)8(4)11;1-2-4-6(9)7(10)5(3-8)11-4;7-1-3-5(9)6(10)4(2-8)11-3;/h4-11H,3H2,1-2H3;4-10H,2-3H2,1H3;1,3-6,8-10H,2H2;/q-1;;;. The molecule has 0 aromatic rings. The molecule has 3 aliphatic rings. The van der Waals surface area contributed by atoms with Crippen molar-refractivity contribution < 1.29 is 104 Å². The molecule has 35 heavy (non-hydrogen) atoms. The van der Waals surface area contributed by atoms with Crippen LogP contribution in [-0.2, 0) is 19.0 Å². The van der Waals surface area contributed by atoms with Crippen LogP contribution in [0.2, 0.25) is 0 Å². The van der Waals surface area contributed by atoms with Crippen LogP contribution >= 0.6 is 0 Å². The number of hydrogen-bond donors (Lipinski definition) is 8. The number of ether oxygens (including phenoxy) is 3. The van der Waals surface area contributed by atoms with E-state index in [2.05, 4.69) is 0 Å². The van der Waals surface area contributed by atoms with Crippen LogP contribution in [0.4, 0.5) is 0 Å². The average Bonchev–Trinajstić information content (AvgIpc) is 3.29. The molecule has 13 nitrogen and oxygen atoms in total. The Labute approximate surface area is 240 Å². The molecule has 205 valence electrons. The summed E-state index contributed by atoms with van der Waals surface area (Å²) in [6, 6.07) is -0.595. The van der Waals surface area contributed by atoms with Gasteiger partial charge >= 0.3 is 0 Å². The fourth-order valence-corrected chi connectivity index (χ4v) is 3.87. The van der Waals surface area contributed by atoms with Crippen LogP contribution < -0.4 is 0 Å². The molecule has 0 saturated carbocycles. The van der Waals surface area contributed by atoms with Crippen molar-refractivity contribution in [3.05, 3.63) is 5.73 Å². The fraction of sp³-hybridized carbons (Fsp3) is 0.952. The Hall–Kier alpha value is 0.632. The molecule has 0 amide bonds. The maximum atomic E-state index is 10.1. The smallest absolute Gasteiger partial charge is 0.151 e. The molecular formula is C21H40AcNO12-. The van der Waals surface area contributed by atoms with Gasteiger partial charge in [-0.3, -0.25) is 0 Å². The van der Waals surface area contributed by atoms with E-state index >= 15 is 0 Å². The van der Waals surface area contributed by atoms with Crippen LogP contribution in [0.5, 0.6) is 0 Å². The number of nitrogens with one attached hydrogen (secondary N) is 1. The van der Waals surface area contributed by atoms with Crippen molar-refractivity contribution in [1.29, 1.82) is 0 Å². The first-order valence-electron chi connectivity index (χ1n) is 11.3. The third-order valence-electron chi connectivity index (χ3n) is 6.33. The fourth-order valence-electron chi connectivity index (χ4n) is 3.87. The van der Waals surface area contributed by atoms with Gasteiger partial charge in [0.2, 0.25) is 0 Å². The van der Waals surface area contributed by atoms with E-state index < -0.39 is 61.5 Å². The van der Waals surface area contributed by atoms with Crippen LogP contribution in [0.25, 0.3) is 5.73 Å². The van der Waals surface area contributed by atoms with Gasteiger partial charge in [-0.2, -0.15) is 0 Å². The van der Waals surface area contributed by atoms with E-state index in [0.29, 0.717) is 12.7 Å². The summed E-state index contributed by atoms with van der Waals surface area (Å²) in [5.41, 5.74) is 7.52. The molecule has 0 spiro atoms. The zero-order valence-electron chi connectivity index (χ0n) is 20.2. The second-order valence-corrected chi connectivity index (χ2v) is 8.66. The predicted octanol–water partition coefficient (Wildman–Crippen LogP) is -3.27. The van der Waals surface area contributed by atoms with Gasteiger partial charge in [0.25, 0.3) is 0 Å². The summed E-state index contributed by atoms with van der Waals surface area (Å²) < 4.78 is 15.2. The summed E-state index contributed by atoms with van der Waals surface area (Å²) in [6.45, 7) is 4.67. The minimum Gasteiger partial charge on any atom is -0.670 e. The Morgan fingerprint density at radius 1 is 0.714 bits per heavy atom. The first kappa shape index (κ1) is 35.6. The van der Waals surface area contributed by atoms with Crippen molar-refractivity contribution in [3.8, 4) is 0 Å². The number of carbonyl (C=O) groups excluding carboxylic acids is 1. The summed E-state index contributed by atoms with van der Waals surface area (Å²) in [5.74, 6) is -0.159. The Morgan fingerprint density at radius 3 is 1.51 bits per heavy atom. The van der Waals surface area contributed by atoms with Gasteiger partial charge < -0.3 is 65.6 Å². The summed E-state index contributed by atoms with van der Waals surface area (Å²) in [6.07, 6.45) is -7.24. The predicted molar refractivity (Wildman–Crippen MR) is 117 cm³/mol. The maximum absolute atomic E-state index is 10.1. The van der Waals surface area contributed by atoms with Gasteiger partial charge in [0.1, 0.15) is 42.7 Å². The van der Waals surface area contributed by atoms with Gasteiger partial charge in [0, 0.05) is 62.2 Å². The molecule has 9 N–H and O–H groups in total.